The first kappa shape index (κ1) is 32.7. The number of aliphatic carboxylic acids is 4. The summed E-state index contributed by atoms with van der Waals surface area (Å²) in [5, 5.41) is 32.6. The van der Waals surface area contributed by atoms with E-state index in [4.69, 9.17) is 44.3 Å². The third-order valence-electron chi connectivity index (χ3n) is 5.81. The van der Waals surface area contributed by atoms with E-state index in [-0.39, 0.29) is 5.91 Å². The summed E-state index contributed by atoms with van der Waals surface area (Å²) in [6.45, 7) is 3.87. The highest BCUT2D eigenvalue weighted by Crippen LogP contribution is 2.32. The highest BCUT2D eigenvalue weighted by atomic mass is 16.5. The molecule has 1 saturated heterocycles. The number of aromatic nitrogens is 1. The van der Waals surface area contributed by atoms with Crippen LogP contribution in [0.15, 0.2) is 67.0 Å². The molecule has 14 nitrogen and oxygen atoms in total. The minimum absolute atomic E-state index is 0.134. The number of anilines is 2. The van der Waals surface area contributed by atoms with Gasteiger partial charge in [0.25, 0.3) is 5.91 Å². The second-order valence-corrected chi connectivity index (χ2v) is 8.66. The number of nitrogens with one attached hydrogen (secondary N) is 1. The van der Waals surface area contributed by atoms with Crippen molar-refractivity contribution in [2.24, 2.45) is 0 Å². The van der Waals surface area contributed by atoms with Gasteiger partial charge in [-0.1, -0.05) is 12.1 Å². The average Bonchev–Trinajstić information content (AvgIpc) is 2.98. The molecule has 0 spiro atoms. The molecule has 4 rings (SSSR count). The van der Waals surface area contributed by atoms with E-state index >= 15 is 0 Å². The first-order valence-corrected chi connectivity index (χ1v) is 12.3. The number of piperazine rings is 1. The van der Waals surface area contributed by atoms with Gasteiger partial charge in [0.1, 0.15) is 5.75 Å². The van der Waals surface area contributed by atoms with Crippen LogP contribution in [-0.4, -0.2) is 100 Å². The summed E-state index contributed by atoms with van der Waals surface area (Å²) < 4.78 is 5.55. The number of amides is 1. The third-order valence-corrected chi connectivity index (χ3v) is 5.81. The molecule has 0 unspecified atom stereocenters. The number of rotatable bonds is 5. The predicted octanol–water partition coefficient (Wildman–Crippen LogP) is 2.07. The second-order valence-electron chi connectivity index (χ2n) is 8.66. The van der Waals surface area contributed by atoms with E-state index in [1.807, 2.05) is 54.6 Å². The number of hydrogen-bond donors (Lipinski definition) is 5. The highest BCUT2D eigenvalue weighted by molar-refractivity contribution is 6.27. The van der Waals surface area contributed by atoms with Crippen LogP contribution in [0.1, 0.15) is 10.4 Å². The van der Waals surface area contributed by atoms with Gasteiger partial charge in [-0.2, -0.15) is 0 Å². The summed E-state index contributed by atoms with van der Waals surface area (Å²) in [6, 6.07) is 17.3. The van der Waals surface area contributed by atoms with Crippen LogP contribution in [0.2, 0.25) is 0 Å². The molecule has 42 heavy (non-hydrogen) atoms. The Hall–Kier alpha value is -5.50. The first-order valence-electron chi connectivity index (χ1n) is 12.3. The molecule has 0 saturated carbocycles. The Morgan fingerprint density at radius 3 is 1.71 bits per heavy atom. The lowest BCUT2D eigenvalue weighted by Gasteiger charge is -2.34. The molecule has 2 heterocycles. The molecular formula is C28H30N4O10. The van der Waals surface area contributed by atoms with Crippen LogP contribution < -0.4 is 15.0 Å². The molecule has 0 bridgehead atoms. The van der Waals surface area contributed by atoms with Crippen LogP contribution in [0.25, 0.3) is 11.1 Å². The Morgan fingerprint density at radius 2 is 1.24 bits per heavy atom. The predicted molar refractivity (Wildman–Crippen MR) is 151 cm³/mol. The summed E-state index contributed by atoms with van der Waals surface area (Å²) in [4.78, 5) is 57.8. The number of benzene rings is 2. The molecule has 1 fully saturated rings. The van der Waals surface area contributed by atoms with Gasteiger partial charge in [-0.05, 0) is 60.6 Å². The van der Waals surface area contributed by atoms with Gasteiger partial charge in [0.2, 0.25) is 0 Å². The number of carboxylic acid groups (broad SMARTS) is 4. The fraction of sp³-hybridized carbons (Fsp3) is 0.214. The largest absolute Gasteiger partial charge is 0.495 e. The Morgan fingerprint density at radius 1 is 0.738 bits per heavy atom. The number of carboxylic acids is 4. The van der Waals surface area contributed by atoms with Crippen molar-refractivity contribution in [3.05, 3.63) is 72.6 Å². The summed E-state index contributed by atoms with van der Waals surface area (Å²) in [5.41, 5.74) is 4.51. The van der Waals surface area contributed by atoms with Crippen molar-refractivity contribution >= 4 is 41.2 Å². The van der Waals surface area contributed by atoms with Gasteiger partial charge in [0.15, 0.2) is 0 Å². The fourth-order valence-electron chi connectivity index (χ4n) is 3.62. The molecular weight excluding hydrogens is 552 g/mol. The van der Waals surface area contributed by atoms with Crippen LogP contribution in [0.4, 0.5) is 11.4 Å². The summed E-state index contributed by atoms with van der Waals surface area (Å²) in [6.07, 6.45) is 3.52. The maximum atomic E-state index is 12.8. The standard InChI is InChI=1S/C24H26N4O2.2C2H2O4/c1-27-13-15-28(16-14-27)22-17-21(7-8-23(22)30-2)26-24(29)20-5-3-18(4-6-20)19-9-11-25-12-10-19;2*3-1(4)2(5)6/h3-12,17H,13-16H2,1-2H3,(H,26,29);2*(H,3,4)(H,5,6). The Balaban J connectivity index is 0.000000434. The topological polar surface area (TPSA) is 207 Å². The molecule has 0 radical (unpaired) electrons. The highest BCUT2D eigenvalue weighted by Gasteiger charge is 2.19. The van der Waals surface area contributed by atoms with Crippen LogP contribution in [0.5, 0.6) is 5.75 Å². The van der Waals surface area contributed by atoms with E-state index < -0.39 is 23.9 Å². The molecule has 5 N–H and O–H groups in total. The summed E-state index contributed by atoms with van der Waals surface area (Å²) >= 11 is 0. The van der Waals surface area contributed by atoms with Gasteiger partial charge < -0.3 is 40.3 Å². The number of carbonyl (C=O) groups is 5. The van der Waals surface area contributed by atoms with E-state index in [1.165, 1.54) is 0 Å². The first-order chi connectivity index (χ1) is 19.9. The van der Waals surface area contributed by atoms with Crippen LogP contribution in [0.3, 0.4) is 0 Å². The molecule has 2 aromatic carbocycles. The lowest BCUT2D eigenvalue weighted by Crippen LogP contribution is -2.44. The monoisotopic (exact) mass is 582 g/mol. The molecule has 3 aromatic rings. The number of carbonyl (C=O) groups excluding carboxylic acids is 1. The van der Waals surface area contributed by atoms with E-state index in [0.717, 1.165) is 54.4 Å². The van der Waals surface area contributed by atoms with Crippen LogP contribution in [0, 0.1) is 0 Å². The quantitative estimate of drug-likeness (QED) is 0.273. The van der Waals surface area contributed by atoms with Crippen LogP contribution in [-0.2, 0) is 19.2 Å². The van der Waals surface area contributed by atoms with E-state index in [0.29, 0.717) is 5.56 Å². The minimum Gasteiger partial charge on any atom is -0.495 e. The number of nitrogens with zero attached hydrogens (tertiary/aromatic N) is 3. The zero-order valence-electron chi connectivity index (χ0n) is 22.8. The smallest absolute Gasteiger partial charge is 0.414 e. The fourth-order valence-corrected chi connectivity index (χ4v) is 3.62. The number of likely N-dealkylation sites (N-methyl/N-ethyl adjacent to an activating group) is 1. The third kappa shape index (κ3) is 10.2. The summed E-state index contributed by atoms with van der Waals surface area (Å²) in [7, 11) is 3.81. The van der Waals surface area contributed by atoms with Gasteiger partial charge in [-0.3, -0.25) is 9.78 Å². The van der Waals surface area contributed by atoms with Crippen molar-refractivity contribution < 1.29 is 49.1 Å². The lowest BCUT2D eigenvalue weighted by atomic mass is 10.0. The number of hydrogen-bond acceptors (Lipinski definition) is 9. The maximum Gasteiger partial charge on any atom is 0.414 e. The Labute approximate surface area is 240 Å². The van der Waals surface area contributed by atoms with E-state index in [2.05, 4.69) is 27.1 Å². The van der Waals surface area contributed by atoms with Crippen molar-refractivity contribution in [3.63, 3.8) is 0 Å². The Kier molecular flexibility index (Phi) is 12.4. The molecule has 1 aliphatic heterocycles. The molecule has 14 heteroatoms. The molecule has 1 aromatic heterocycles. The average molecular weight is 583 g/mol. The van der Waals surface area contributed by atoms with E-state index in [9.17, 15) is 4.79 Å². The molecule has 1 amide bonds. The van der Waals surface area contributed by atoms with Crippen molar-refractivity contribution in [1.29, 1.82) is 0 Å². The molecule has 0 atom stereocenters. The van der Waals surface area contributed by atoms with Crippen LogP contribution >= 0.6 is 0 Å². The zero-order chi connectivity index (χ0) is 31.2. The van der Waals surface area contributed by atoms with Gasteiger partial charge >= 0.3 is 23.9 Å². The van der Waals surface area contributed by atoms with Gasteiger partial charge in [0.05, 0.1) is 12.8 Å². The second kappa shape index (κ2) is 15.9. The van der Waals surface area contributed by atoms with Crippen molar-refractivity contribution in [2.75, 3.05) is 50.6 Å². The zero-order valence-corrected chi connectivity index (χ0v) is 22.8. The molecule has 0 aliphatic carbocycles. The normalized spacial score (nSPS) is 12.4. The van der Waals surface area contributed by atoms with Gasteiger partial charge in [-0.25, -0.2) is 19.2 Å². The molecule has 1 aliphatic rings. The van der Waals surface area contributed by atoms with Gasteiger partial charge in [0, 0.05) is 49.8 Å². The minimum atomic E-state index is -1.82. The van der Waals surface area contributed by atoms with Crippen molar-refractivity contribution in [3.8, 4) is 16.9 Å². The summed E-state index contributed by atoms with van der Waals surface area (Å²) in [5.74, 6) is -6.61. The Bertz CT molecular complexity index is 1340. The van der Waals surface area contributed by atoms with Gasteiger partial charge in [-0.15, -0.1) is 0 Å². The van der Waals surface area contributed by atoms with Crippen molar-refractivity contribution in [1.82, 2.24) is 9.88 Å². The van der Waals surface area contributed by atoms with Crippen molar-refractivity contribution in [2.45, 2.75) is 0 Å². The number of methoxy groups -OCH3 is 1. The van der Waals surface area contributed by atoms with E-state index in [1.54, 1.807) is 19.5 Å². The maximum absolute atomic E-state index is 12.8. The lowest BCUT2D eigenvalue weighted by molar-refractivity contribution is -0.159. The SMILES string of the molecule is COc1ccc(NC(=O)c2ccc(-c3ccncc3)cc2)cc1N1CCN(C)CC1.O=C(O)C(=O)O.O=C(O)C(=O)O. The molecule has 222 valence electrons. The number of ether oxygens (including phenoxy) is 1. The number of pyridine rings is 1.